The Bertz CT molecular complexity index is 585. The molecule has 0 aromatic heterocycles. The van der Waals surface area contributed by atoms with Crippen LogP contribution in [0.1, 0.15) is 6.92 Å². The second-order valence-electron chi connectivity index (χ2n) is 4.16. The minimum Gasteiger partial charge on any atom is -0.497 e. The smallest absolute Gasteiger partial charge is 0.167 e. The Hall–Kier alpha value is -2.43. The van der Waals surface area contributed by atoms with E-state index in [2.05, 4.69) is 5.32 Å². The van der Waals surface area contributed by atoms with Gasteiger partial charge in [0.05, 0.1) is 25.1 Å². The first-order chi connectivity index (χ1) is 9.63. The van der Waals surface area contributed by atoms with Gasteiger partial charge >= 0.3 is 0 Å². The molecule has 0 radical (unpaired) electrons. The van der Waals surface area contributed by atoms with Crippen LogP contribution in [0.25, 0.3) is 0 Å². The van der Waals surface area contributed by atoms with E-state index in [1.54, 1.807) is 20.1 Å². The Balaban J connectivity index is 2.25. The predicted molar refractivity (Wildman–Crippen MR) is 78.3 cm³/mol. The van der Waals surface area contributed by atoms with Crippen molar-refractivity contribution in [3.8, 4) is 11.5 Å². The van der Waals surface area contributed by atoms with E-state index < -0.39 is 5.82 Å². The van der Waals surface area contributed by atoms with Crippen LogP contribution in [-0.2, 0) is 0 Å². The quantitative estimate of drug-likeness (QED) is 0.820. The zero-order valence-corrected chi connectivity index (χ0v) is 11.4. The Morgan fingerprint density at radius 2 is 1.90 bits per heavy atom. The molecule has 0 spiro atoms. The van der Waals surface area contributed by atoms with Gasteiger partial charge in [-0.3, -0.25) is 0 Å². The van der Waals surface area contributed by atoms with Crippen molar-refractivity contribution in [1.82, 2.24) is 0 Å². The van der Waals surface area contributed by atoms with E-state index in [9.17, 15) is 4.39 Å². The fraction of sp³-hybridized carbons (Fsp3) is 0.200. The summed E-state index contributed by atoms with van der Waals surface area (Å²) in [5.41, 5.74) is 7.55. The summed E-state index contributed by atoms with van der Waals surface area (Å²) < 4.78 is 23.9. The highest BCUT2D eigenvalue weighted by atomic mass is 19.1. The third-order valence-corrected chi connectivity index (χ3v) is 2.77. The summed E-state index contributed by atoms with van der Waals surface area (Å²) in [4.78, 5) is 0. The van der Waals surface area contributed by atoms with Gasteiger partial charge in [0.25, 0.3) is 0 Å². The van der Waals surface area contributed by atoms with Gasteiger partial charge in [0.2, 0.25) is 0 Å². The van der Waals surface area contributed by atoms with Crippen molar-refractivity contribution in [2.45, 2.75) is 6.92 Å². The standard InChI is InChI=1S/C15H17FN2O2/c1-3-20-15-9-14(13(17)8-12(15)16)18-10-4-6-11(19-2)7-5-10/h4-9,18H,3,17H2,1-2H3. The number of rotatable bonds is 5. The molecule has 5 heteroatoms. The molecule has 3 N–H and O–H groups in total. The largest absolute Gasteiger partial charge is 0.497 e. The van der Waals surface area contributed by atoms with Crippen LogP contribution in [0.2, 0.25) is 0 Å². The molecule has 0 heterocycles. The fourth-order valence-corrected chi connectivity index (χ4v) is 1.77. The number of benzene rings is 2. The van der Waals surface area contributed by atoms with E-state index in [4.69, 9.17) is 15.2 Å². The number of anilines is 3. The van der Waals surface area contributed by atoms with Crippen LogP contribution < -0.4 is 20.5 Å². The lowest BCUT2D eigenvalue weighted by molar-refractivity contribution is 0.322. The van der Waals surface area contributed by atoms with Crippen molar-refractivity contribution in [3.05, 3.63) is 42.2 Å². The molecule has 2 rings (SSSR count). The van der Waals surface area contributed by atoms with E-state index >= 15 is 0 Å². The van der Waals surface area contributed by atoms with Gasteiger partial charge in [0.15, 0.2) is 11.6 Å². The van der Waals surface area contributed by atoms with E-state index in [1.807, 2.05) is 24.3 Å². The minimum atomic E-state index is -0.468. The number of methoxy groups -OCH3 is 1. The first kappa shape index (κ1) is 14.0. The number of halogens is 1. The van der Waals surface area contributed by atoms with Crippen molar-refractivity contribution in [1.29, 1.82) is 0 Å². The zero-order chi connectivity index (χ0) is 14.5. The van der Waals surface area contributed by atoms with E-state index in [1.165, 1.54) is 6.07 Å². The molecule has 0 fully saturated rings. The maximum absolute atomic E-state index is 13.6. The van der Waals surface area contributed by atoms with Crippen LogP contribution in [-0.4, -0.2) is 13.7 Å². The highest BCUT2D eigenvalue weighted by Crippen LogP contribution is 2.31. The highest BCUT2D eigenvalue weighted by molar-refractivity contribution is 5.74. The Kier molecular flexibility index (Phi) is 4.30. The summed E-state index contributed by atoms with van der Waals surface area (Å²) in [6.07, 6.45) is 0. The molecule has 106 valence electrons. The molecule has 0 aliphatic rings. The molecule has 2 aromatic carbocycles. The van der Waals surface area contributed by atoms with Crippen LogP contribution in [0.15, 0.2) is 36.4 Å². The van der Waals surface area contributed by atoms with Crippen molar-refractivity contribution in [2.24, 2.45) is 0 Å². The lowest BCUT2D eigenvalue weighted by Crippen LogP contribution is -2.01. The molecule has 0 amide bonds. The molecular formula is C15H17FN2O2. The third kappa shape index (κ3) is 3.12. The normalized spacial score (nSPS) is 10.2. The summed E-state index contributed by atoms with van der Waals surface area (Å²) in [7, 11) is 1.61. The Morgan fingerprint density at radius 3 is 2.50 bits per heavy atom. The molecule has 20 heavy (non-hydrogen) atoms. The molecule has 0 unspecified atom stereocenters. The van der Waals surface area contributed by atoms with Crippen molar-refractivity contribution in [2.75, 3.05) is 24.8 Å². The molecular weight excluding hydrogens is 259 g/mol. The van der Waals surface area contributed by atoms with Gasteiger partial charge in [0, 0.05) is 17.8 Å². The predicted octanol–water partition coefficient (Wildman–Crippen LogP) is 3.56. The topological polar surface area (TPSA) is 56.5 Å². The molecule has 0 bridgehead atoms. The molecule has 0 atom stereocenters. The van der Waals surface area contributed by atoms with Crippen LogP contribution in [0.3, 0.4) is 0 Å². The van der Waals surface area contributed by atoms with E-state index in [0.29, 0.717) is 18.0 Å². The number of nitrogen functional groups attached to an aromatic ring is 1. The fourth-order valence-electron chi connectivity index (χ4n) is 1.77. The zero-order valence-electron chi connectivity index (χ0n) is 11.4. The summed E-state index contributed by atoms with van der Waals surface area (Å²) >= 11 is 0. The summed E-state index contributed by atoms with van der Waals surface area (Å²) in [5.74, 6) is 0.472. The monoisotopic (exact) mass is 276 g/mol. The maximum Gasteiger partial charge on any atom is 0.167 e. The maximum atomic E-state index is 13.6. The lowest BCUT2D eigenvalue weighted by Gasteiger charge is -2.13. The molecule has 0 aliphatic carbocycles. The summed E-state index contributed by atoms with van der Waals surface area (Å²) in [5, 5.41) is 3.12. The number of nitrogens with one attached hydrogen (secondary N) is 1. The van der Waals surface area contributed by atoms with Gasteiger partial charge in [0.1, 0.15) is 5.75 Å². The van der Waals surface area contributed by atoms with Gasteiger partial charge in [-0.25, -0.2) is 4.39 Å². The van der Waals surface area contributed by atoms with Crippen molar-refractivity contribution in [3.63, 3.8) is 0 Å². The number of ether oxygens (including phenoxy) is 2. The number of nitrogens with two attached hydrogens (primary N) is 1. The number of hydrogen-bond donors (Lipinski definition) is 2. The van der Waals surface area contributed by atoms with Gasteiger partial charge < -0.3 is 20.5 Å². The lowest BCUT2D eigenvalue weighted by atomic mass is 10.2. The summed E-state index contributed by atoms with van der Waals surface area (Å²) in [6, 6.07) is 10.1. The van der Waals surface area contributed by atoms with Crippen LogP contribution in [0, 0.1) is 5.82 Å². The van der Waals surface area contributed by atoms with E-state index in [-0.39, 0.29) is 5.75 Å². The van der Waals surface area contributed by atoms with E-state index in [0.717, 1.165) is 11.4 Å². The molecule has 0 saturated carbocycles. The molecule has 0 aliphatic heterocycles. The van der Waals surface area contributed by atoms with Gasteiger partial charge in [-0.1, -0.05) is 0 Å². The highest BCUT2D eigenvalue weighted by Gasteiger charge is 2.09. The van der Waals surface area contributed by atoms with Crippen molar-refractivity contribution >= 4 is 17.1 Å². The Labute approximate surface area is 117 Å². The minimum absolute atomic E-state index is 0.178. The average Bonchev–Trinajstić information content (AvgIpc) is 2.45. The SMILES string of the molecule is CCOc1cc(Nc2ccc(OC)cc2)c(N)cc1F. The first-order valence-electron chi connectivity index (χ1n) is 6.27. The van der Waals surface area contributed by atoms with Gasteiger partial charge in [-0.15, -0.1) is 0 Å². The van der Waals surface area contributed by atoms with Gasteiger partial charge in [-0.05, 0) is 31.2 Å². The van der Waals surface area contributed by atoms with Crippen molar-refractivity contribution < 1.29 is 13.9 Å². The summed E-state index contributed by atoms with van der Waals surface area (Å²) in [6.45, 7) is 2.19. The molecule has 4 nitrogen and oxygen atoms in total. The molecule has 2 aromatic rings. The van der Waals surface area contributed by atoms with Crippen LogP contribution in [0.5, 0.6) is 11.5 Å². The second-order valence-corrected chi connectivity index (χ2v) is 4.16. The van der Waals surface area contributed by atoms with Crippen LogP contribution in [0.4, 0.5) is 21.5 Å². The molecule has 0 saturated heterocycles. The second kappa shape index (κ2) is 6.14. The third-order valence-electron chi connectivity index (χ3n) is 2.77. The number of hydrogen-bond acceptors (Lipinski definition) is 4. The van der Waals surface area contributed by atoms with Crippen LogP contribution >= 0.6 is 0 Å². The Morgan fingerprint density at radius 1 is 1.20 bits per heavy atom. The average molecular weight is 276 g/mol. The van der Waals surface area contributed by atoms with Gasteiger partial charge in [-0.2, -0.15) is 0 Å². The first-order valence-corrected chi connectivity index (χ1v) is 6.27.